The largest absolute Gasteiger partial charge is 0.408 e. The molecule has 1 saturated carbocycles. The number of halogens is 3. The van der Waals surface area contributed by atoms with E-state index in [1.165, 1.54) is 0 Å². The van der Waals surface area contributed by atoms with Crippen LogP contribution in [-0.4, -0.2) is 56.0 Å². The number of imidazole rings is 1. The van der Waals surface area contributed by atoms with Crippen LogP contribution in [0.25, 0.3) is 16.6 Å². The third-order valence-electron chi connectivity index (χ3n) is 6.22. The lowest BCUT2D eigenvalue weighted by atomic mass is 9.88. The number of aliphatic hydroxyl groups is 1. The van der Waals surface area contributed by atoms with E-state index in [0.717, 1.165) is 23.5 Å². The predicted octanol–water partition coefficient (Wildman–Crippen LogP) is 3.30. The molecular weight excluding hydrogens is 423 g/mol. The van der Waals surface area contributed by atoms with E-state index in [1.54, 1.807) is 31.0 Å². The highest BCUT2D eigenvalue weighted by Crippen LogP contribution is 2.32. The number of hydrogen-bond donors (Lipinski definition) is 4. The Hall–Kier alpha value is -2.85. The van der Waals surface area contributed by atoms with Crippen molar-refractivity contribution in [1.29, 1.82) is 0 Å². The van der Waals surface area contributed by atoms with Crippen molar-refractivity contribution in [1.82, 2.24) is 25.2 Å². The molecule has 1 amide bonds. The Bertz CT molecular complexity index is 1070. The number of H-pyrrole nitrogens is 1. The minimum Gasteiger partial charge on any atom is -0.394 e. The van der Waals surface area contributed by atoms with Crippen LogP contribution < -0.4 is 10.6 Å². The van der Waals surface area contributed by atoms with Gasteiger partial charge in [-0.1, -0.05) is 0 Å². The maximum Gasteiger partial charge on any atom is 0.408 e. The molecular formula is C22H26F3N5O2. The highest BCUT2D eigenvalue weighted by Gasteiger charge is 2.51. The van der Waals surface area contributed by atoms with Crippen LogP contribution in [0, 0.1) is 0 Å². The van der Waals surface area contributed by atoms with Gasteiger partial charge in [0.1, 0.15) is 5.54 Å². The molecule has 32 heavy (non-hydrogen) atoms. The molecule has 2 heterocycles. The summed E-state index contributed by atoms with van der Waals surface area (Å²) in [5.74, 6) is -0.230. The van der Waals surface area contributed by atoms with E-state index < -0.39 is 18.3 Å². The van der Waals surface area contributed by atoms with Crippen LogP contribution in [0.5, 0.6) is 0 Å². The molecule has 0 bridgehead atoms. The number of alkyl halides is 3. The normalized spacial score (nSPS) is 21.4. The number of aromatic nitrogens is 3. The first kappa shape index (κ1) is 22.3. The fraction of sp³-hybridized carbons (Fsp3) is 0.455. The van der Waals surface area contributed by atoms with Gasteiger partial charge in [0.25, 0.3) is 5.91 Å². The zero-order valence-electron chi connectivity index (χ0n) is 17.6. The van der Waals surface area contributed by atoms with Crippen molar-refractivity contribution >= 4 is 16.8 Å². The van der Waals surface area contributed by atoms with Gasteiger partial charge in [-0.15, -0.1) is 0 Å². The van der Waals surface area contributed by atoms with Crippen molar-refractivity contribution in [3.8, 4) is 5.69 Å². The summed E-state index contributed by atoms with van der Waals surface area (Å²) >= 11 is 0. The monoisotopic (exact) mass is 449 g/mol. The third-order valence-corrected chi connectivity index (χ3v) is 6.22. The van der Waals surface area contributed by atoms with Gasteiger partial charge >= 0.3 is 6.18 Å². The fourth-order valence-electron chi connectivity index (χ4n) is 4.21. The Morgan fingerprint density at radius 3 is 2.59 bits per heavy atom. The van der Waals surface area contributed by atoms with Crippen LogP contribution in [0.2, 0.25) is 0 Å². The number of nitrogens with zero attached hydrogens (tertiary/aromatic N) is 2. The summed E-state index contributed by atoms with van der Waals surface area (Å²) in [5.41, 5.74) is -0.295. The number of fused-ring (bicyclic) bond motifs is 1. The zero-order valence-corrected chi connectivity index (χ0v) is 17.6. The van der Waals surface area contributed by atoms with E-state index in [4.69, 9.17) is 0 Å². The van der Waals surface area contributed by atoms with Crippen LogP contribution in [-0.2, 0) is 0 Å². The third kappa shape index (κ3) is 4.37. The minimum atomic E-state index is -4.55. The molecule has 0 aliphatic heterocycles. The van der Waals surface area contributed by atoms with Crippen LogP contribution in [0.3, 0.4) is 0 Å². The van der Waals surface area contributed by atoms with Gasteiger partial charge in [0.2, 0.25) is 0 Å². The Kier molecular flexibility index (Phi) is 6.00. The van der Waals surface area contributed by atoms with Crippen molar-refractivity contribution in [2.24, 2.45) is 0 Å². The molecule has 1 unspecified atom stereocenters. The molecule has 172 valence electrons. The lowest BCUT2D eigenvalue weighted by molar-refractivity contribution is -0.204. The molecule has 4 N–H and O–H groups in total. The van der Waals surface area contributed by atoms with Crippen LogP contribution in [0.1, 0.15) is 43.0 Å². The second-order valence-electron chi connectivity index (χ2n) is 8.56. The van der Waals surface area contributed by atoms with E-state index >= 15 is 0 Å². The van der Waals surface area contributed by atoms with Gasteiger partial charge in [0.15, 0.2) is 0 Å². The fourth-order valence-corrected chi connectivity index (χ4v) is 4.21. The minimum absolute atomic E-state index is 0.131. The molecule has 3 aromatic rings. The zero-order chi connectivity index (χ0) is 22.9. The molecule has 7 nitrogen and oxygen atoms in total. The highest BCUT2D eigenvalue weighted by atomic mass is 19.4. The first-order valence-corrected chi connectivity index (χ1v) is 10.6. The van der Waals surface area contributed by atoms with Gasteiger partial charge < -0.3 is 20.0 Å². The number of aliphatic hydroxyl groups excluding tert-OH is 1. The molecule has 1 aromatic carbocycles. The Morgan fingerprint density at radius 1 is 1.25 bits per heavy atom. The molecule has 1 aliphatic carbocycles. The van der Waals surface area contributed by atoms with Gasteiger partial charge in [-0.2, -0.15) is 13.2 Å². The second-order valence-corrected chi connectivity index (χ2v) is 8.56. The van der Waals surface area contributed by atoms with Crippen LogP contribution in [0.4, 0.5) is 13.2 Å². The molecule has 1 aliphatic rings. The first-order chi connectivity index (χ1) is 15.2. The molecule has 0 spiro atoms. The summed E-state index contributed by atoms with van der Waals surface area (Å²) in [5, 5.41) is 15.8. The summed E-state index contributed by atoms with van der Waals surface area (Å²) in [6.07, 6.45) is 4.40. The molecule has 10 heteroatoms. The summed E-state index contributed by atoms with van der Waals surface area (Å²) in [6.45, 7) is -0.0533. The van der Waals surface area contributed by atoms with Gasteiger partial charge in [-0.3, -0.25) is 10.1 Å². The summed E-state index contributed by atoms with van der Waals surface area (Å²) < 4.78 is 41.5. The summed E-state index contributed by atoms with van der Waals surface area (Å²) in [7, 11) is 0. The van der Waals surface area contributed by atoms with Gasteiger partial charge in [-0.05, 0) is 50.8 Å². The number of amides is 1. The van der Waals surface area contributed by atoms with Crippen molar-refractivity contribution < 1.29 is 23.1 Å². The summed E-state index contributed by atoms with van der Waals surface area (Å²) in [4.78, 5) is 20.2. The number of carbonyl (C=O) groups is 1. The van der Waals surface area contributed by atoms with E-state index in [2.05, 4.69) is 20.6 Å². The molecule has 1 atom stereocenters. The van der Waals surface area contributed by atoms with E-state index in [0.29, 0.717) is 31.2 Å². The van der Waals surface area contributed by atoms with Crippen molar-refractivity contribution in [3.63, 3.8) is 0 Å². The van der Waals surface area contributed by atoms with Crippen molar-refractivity contribution in [2.45, 2.75) is 56.4 Å². The average molecular weight is 449 g/mol. The second kappa shape index (κ2) is 8.59. The van der Waals surface area contributed by atoms with Gasteiger partial charge in [-0.25, -0.2) is 4.98 Å². The van der Waals surface area contributed by atoms with Crippen molar-refractivity contribution in [3.05, 3.63) is 48.7 Å². The molecule has 4 rings (SSSR count). The maximum absolute atomic E-state index is 13.2. The predicted molar refractivity (Wildman–Crippen MR) is 114 cm³/mol. The maximum atomic E-state index is 13.2. The molecule has 0 saturated heterocycles. The number of nitrogens with one attached hydrogen (secondary N) is 3. The van der Waals surface area contributed by atoms with E-state index in [9.17, 15) is 23.1 Å². The highest BCUT2D eigenvalue weighted by molar-refractivity contribution is 6.06. The van der Waals surface area contributed by atoms with Gasteiger partial charge in [0.05, 0.1) is 24.0 Å². The Balaban J connectivity index is 1.43. The Morgan fingerprint density at radius 2 is 1.97 bits per heavy atom. The molecule has 0 radical (unpaired) electrons. The topological polar surface area (TPSA) is 95.0 Å². The smallest absolute Gasteiger partial charge is 0.394 e. The van der Waals surface area contributed by atoms with Crippen LogP contribution in [0.15, 0.2) is 43.1 Å². The van der Waals surface area contributed by atoms with Gasteiger partial charge in [0, 0.05) is 41.7 Å². The first-order valence-electron chi connectivity index (χ1n) is 10.6. The number of carbonyl (C=O) groups excluding carboxylic acids is 1. The van der Waals surface area contributed by atoms with Crippen LogP contribution >= 0.6 is 0 Å². The average Bonchev–Trinajstić information content (AvgIpc) is 3.45. The lowest BCUT2D eigenvalue weighted by Gasteiger charge is -2.38. The number of aromatic amines is 1. The number of rotatable bonds is 6. The summed E-state index contributed by atoms with van der Waals surface area (Å²) in [6, 6.07) is 5.14. The molecule has 2 aromatic heterocycles. The lowest BCUT2D eigenvalue weighted by Crippen LogP contribution is -2.61. The molecule has 1 fully saturated rings. The van der Waals surface area contributed by atoms with Crippen molar-refractivity contribution in [2.75, 3.05) is 6.61 Å². The Labute approximate surface area is 183 Å². The quantitative estimate of drug-likeness (QED) is 0.465. The van der Waals surface area contributed by atoms with E-state index in [1.807, 2.05) is 16.7 Å². The standard InChI is InChI=1S/C22H26F3N5O2/c1-21(12-31,22(23,24)25)29-16-4-2-15(3-5-16)28-20(32)18-11-17(30-9-8-26-13-30)10-14-6-7-27-19(14)18/h6-11,13,15-16,27,29,31H,2-5,12H2,1H3,(H,28,32)/t15-,16-,21?. The number of benzene rings is 1. The van der Waals surface area contributed by atoms with E-state index in [-0.39, 0.29) is 18.0 Å². The number of hydrogen-bond acceptors (Lipinski definition) is 4. The SMILES string of the molecule is CC(CO)(N[C@H]1CC[C@H](NC(=O)c2cc(-n3ccnc3)cc3cc[nH]c23)CC1)C(F)(F)F.